The third kappa shape index (κ3) is 2.16. The Bertz CT molecular complexity index is 1220. The molecular formula is C20H15N5O. The number of hydrogen-bond donors (Lipinski definition) is 1. The first kappa shape index (κ1) is 14.7. The fourth-order valence-corrected chi connectivity index (χ4v) is 3.32. The van der Waals surface area contributed by atoms with Gasteiger partial charge in [-0.15, -0.1) is 0 Å². The Labute approximate surface area is 149 Å². The van der Waals surface area contributed by atoms with E-state index in [1.807, 2.05) is 53.6 Å². The molecule has 26 heavy (non-hydrogen) atoms. The maximum Gasteiger partial charge on any atom is 0.141 e. The van der Waals surface area contributed by atoms with Crippen LogP contribution in [-0.2, 0) is 0 Å². The third-order valence-corrected chi connectivity index (χ3v) is 4.56. The molecule has 5 aromatic rings. The van der Waals surface area contributed by atoms with E-state index in [0.717, 1.165) is 44.6 Å². The summed E-state index contributed by atoms with van der Waals surface area (Å²) in [6.45, 7) is 0. The summed E-state index contributed by atoms with van der Waals surface area (Å²) >= 11 is 0. The molecule has 0 fully saturated rings. The number of fused-ring (bicyclic) bond motifs is 2. The number of ether oxygens (including phenoxy) is 1. The Morgan fingerprint density at radius 2 is 2.00 bits per heavy atom. The van der Waals surface area contributed by atoms with Crippen LogP contribution in [0.15, 0.2) is 67.5 Å². The molecule has 0 aromatic carbocycles. The van der Waals surface area contributed by atoms with E-state index in [4.69, 9.17) is 4.74 Å². The van der Waals surface area contributed by atoms with Crippen LogP contribution in [-0.4, -0.2) is 31.7 Å². The molecule has 0 atom stereocenters. The number of nitrogens with one attached hydrogen (secondary N) is 1. The molecule has 0 saturated carbocycles. The number of H-pyrrole nitrogens is 1. The standard InChI is InChI=1S/C20H15N5O/c1-26-18-4-7-22-20-19(18)16(11-23-20)13-5-8-25-17(9-13)15(12-24-25)14-3-2-6-21-10-14/h2-12H,1H3,(H,22,23). The molecule has 126 valence electrons. The molecule has 5 aromatic heterocycles. The maximum absolute atomic E-state index is 5.53. The molecule has 6 nitrogen and oxygen atoms in total. The highest BCUT2D eigenvalue weighted by atomic mass is 16.5. The van der Waals surface area contributed by atoms with Crippen molar-refractivity contribution in [1.29, 1.82) is 0 Å². The quantitative estimate of drug-likeness (QED) is 0.539. The maximum atomic E-state index is 5.53. The fourth-order valence-electron chi connectivity index (χ4n) is 3.32. The topological polar surface area (TPSA) is 68.1 Å². The molecule has 0 radical (unpaired) electrons. The average Bonchev–Trinajstić information content (AvgIpc) is 3.32. The van der Waals surface area contributed by atoms with E-state index < -0.39 is 0 Å². The van der Waals surface area contributed by atoms with Gasteiger partial charge >= 0.3 is 0 Å². The van der Waals surface area contributed by atoms with Crippen LogP contribution in [0.2, 0.25) is 0 Å². The SMILES string of the molecule is COc1ccnc2[nH]cc(-c3ccn4ncc(-c5cccnc5)c4c3)c12. The van der Waals surface area contributed by atoms with Crippen LogP contribution in [0, 0.1) is 0 Å². The first-order valence-electron chi connectivity index (χ1n) is 8.23. The Kier molecular flexibility index (Phi) is 3.21. The lowest BCUT2D eigenvalue weighted by atomic mass is 10.0. The van der Waals surface area contributed by atoms with Crippen molar-refractivity contribution >= 4 is 16.6 Å². The highest BCUT2D eigenvalue weighted by Gasteiger charge is 2.14. The van der Waals surface area contributed by atoms with Crippen LogP contribution in [0.1, 0.15) is 0 Å². The molecule has 5 rings (SSSR count). The molecule has 0 saturated heterocycles. The number of pyridine rings is 3. The minimum Gasteiger partial charge on any atom is -0.496 e. The summed E-state index contributed by atoms with van der Waals surface area (Å²) in [5.74, 6) is 0.798. The molecule has 0 unspecified atom stereocenters. The van der Waals surface area contributed by atoms with Gasteiger partial charge in [-0.3, -0.25) is 4.98 Å². The van der Waals surface area contributed by atoms with Gasteiger partial charge in [-0.05, 0) is 29.8 Å². The first-order valence-corrected chi connectivity index (χ1v) is 8.23. The van der Waals surface area contributed by atoms with Gasteiger partial charge in [0.2, 0.25) is 0 Å². The molecule has 0 bridgehead atoms. The van der Waals surface area contributed by atoms with Crippen molar-refractivity contribution in [2.24, 2.45) is 0 Å². The highest BCUT2D eigenvalue weighted by molar-refractivity contribution is 5.99. The third-order valence-electron chi connectivity index (χ3n) is 4.56. The summed E-state index contributed by atoms with van der Waals surface area (Å²) in [7, 11) is 1.67. The number of methoxy groups -OCH3 is 1. The van der Waals surface area contributed by atoms with Gasteiger partial charge in [0.15, 0.2) is 0 Å². The number of aromatic amines is 1. The van der Waals surface area contributed by atoms with E-state index >= 15 is 0 Å². The van der Waals surface area contributed by atoms with Crippen molar-refractivity contribution in [1.82, 2.24) is 24.6 Å². The van der Waals surface area contributed by atoms with Gasteiger partial charge in [-0.25, -0.2) is 9.50 Å². The minimum atomic E-state index is 0.798. The lowest BCUT2D eigenvalue weighted by molar-refractivity contribution is 0.419. The Hall–Kier alpha value is -3.67. The normalized spacial score (nSPS) is 11.3. The van der Waals surface area contributed by atoms with E-state index in [1.165, 1.54) is 0 Å². The van der Waals surface area contributed by atoms with Gasteiger partial charge in [0.1, 0.15) is 11.4 Å². The van der Waals surface area contributed by atoms with Crippen molar-refractivity contribution in [2.45, 2.75) is 0 Å². The summed E-state index contributed by atoms with van der Waals surface area (Å²) in [5, 5.41) is 5.43. The lowest BCUT2D eigenvalue weighted by Crippen LogP contribution is -1.89. The second-order valence-electron chi connectivity index (χ2n) is 5.98. The van der Waals surface area contributed by atoms with E-state index in [9.17, 15) is 0 Å². The Morgan fingerprint density at radius 3 is 2.85 bits per heavy atom. The molecular weight excluding hydrogens is 326 g/mol. The number of rotatable bonds is 3. The van der Waals surface area contributed by atoms with Crippen molar-refractivity contribution in [3.8, 4) is 28.0 Å². The smallest absolute Gasteiger partial charge is 0.141 e. The zero-order valence-corrected chi connectivity index (χ0v) is 14.0. The van der Waals surface area contributed by atoms with Gasteiger partial charge < -0.3 is 9.72 Å². The van der Waals surface area contributed by atoms with Gasteiger partial charge in [0, 0.05) is 47.7 Å². The molecule has 1 N–H and O–H groups in total. The fraction of sp³-hybridized carbons (Fsp3) is 0.0500. The zero-order chi connectivity index (χ0) is 17.5. The number of aromatic nitrogens is 5. The monoisotopic (exact) mass is 341 g/mol. The summed E-state index contributed by atoms with van der Waals surface area (Å²) in [6.07, 6.45) is 11.2. The average molecular weight is 341 g/mol. The zero-order valence-electron chi connectivity index (χ0n) is 14.0. The van der Waals surface area contributed by atoms with Gasteiger partial charge in [0.25, 0.3) is 0 Å². The molecule has 0 aliphatic heterocycles. The molecule has 0 amide bonds. The second kappa shape index (κ2) is 5.70. The number of hydrogen-bond acceptors (Lipinski definition) is 4. The molecule has 0 spiro atoms. The predicted molar refractivity (Wildman–Crippen MR) is 100 cm³/mol. The molecule has 0 aliphatic rings. The van der Waals surface area contributed by atoms with Crippen molar-refractivity contribution in [2.75, 3.05) is 7.11 Å². The molecule has 0 aliphatic carbocycles. The lowest BCUT2D eigenvalue weighted by Gasteiger charge is -2.06. The van der Waals surface area contributed by atoms with Crippen molar-refractivity contribution in [3.63, 3.8) is 0 Å². The van der Waals surface area contributed by atoms with Gasteiger partial charge in [-0.1, -0.05) is 6.07 Å². The van der Waals surface area contributed by atoms with Crippen LogP contribution in [0.5, 0.6) is 5.75 Å². The second-order valence-corrected chi connectivity index (χ2v) is 5.98. The van der Waals surface area contributed by atoms with Crippen LogP contribution in [0.3, 0.4) is 0 Å². The van der Waals surface area contributed by atoms with E-state index in [1.54, 1.807) is 19.5 Å². The summed E-state index contributed by atoms with van der Waals surface area (Å²) in [5.41, 5.74) is 6.03. The largest absolute Gasteiger partial charge is 0.496 e. The van der Waals surface area contributed by atoms with Gasteiger partial charge in [0.05, 0.1) is 24.2 Å². The summed E-state index contributed by atoms with van der Waals surface area (Å²) in [6, 6.07) is 10.0. The van der Waals surface area contributed by atoms with Crippen LogP contribution in [0.25, 0.3) is 38.8 Å². The van der Waals surface area contributed by atoms with Crippen LogP contribution in [0.4, 0.5) is 0 Å². The first-order chi connectivity index (χ1) is 12.8. The van der Waals surface area contributed by atoms with Gasteiger partial charge in [-0.2, -0.15) is 5.10 Å². The number of nitrogens with zero attached hydrogens (tertiary/aromatic N) is 4. The van der Waals surface area contributed by atoms with E-state index in [-0.39, 0.29) is 0 Å². The van der Waals surface area contributed by atoms with Crippen LogP contribution < -0.4 is 4.74 Å². The van der Waals surface area contributed by atoms with Crippen LogP contribution >= 0.6 is 0 Å². The Balaban J connectivity index is 1.74. The minimum absolute atomic E-state index is 0.798. The Morgan fingerprint density at radius 1 is 1.04 bits per heavy atom. The highest BCUT2D eigenvalue weighted by Crippen LogP contribution is 2.35. The van der Waals surface area contributed by atoms with Crippen molar-refractivity contribution < 1.29 is 4.74 Å². The predicted octanol–water partition coefficient (Wildman–Crippen LogP) is 3.95. The van der Waals surface area contributed by atoms with E-state index in [2.05, 4.69) is 26.1 Å². The summed E-state index contributed by atoms with van der Waals surface area (Å²) < 4.78 is 7.40. The van der Waals surface area contributed by atoms with Crippen molar-refractivity contribution in [3.05, 3.63) is 67.5 Å². The summed E-state index contributed by atoms with van der Waals surface area (Å²) in [4.78, 5) is 11.8. The molecule has 5 heterocycles. The van der Waals surface area contributed by atoms with E-state index in [0.29, 0.717) is 0 Å². The molecule has 6 heteroatoms.